The molecule has 0 saturated carbocycles. The molecule has 0 unspecified atom stereocenters. The maximum Gasteiger partial charge on any atom is 0.251 e. The minimum absolute atomic E-state index is 0.0505. The van der Waals surface area contributed by atoms with E-state index in [1.807, 2.05) is 30.3 Å². The highest BCUT2D eigenvalue weighted by atomic mass is 16.1. The van der Waals surface area contributed by atoms with Gasteiger partial charge in [-0.15, -0.1) is 0 Å². The molecule has 0 heterocycles. The molecule has 6 aromatic carbocycles. The van der Waals surface area contributed by atoms with E-state index in [0.29, 0.717) is 23.1 Å². The van der Waals surface area contributed by atoms with E-state index in [4.69, 9.17) is 0 Å². The van der Waals surface area contributed by atoms with Gasteiger partial charge in [0.05, 0.1) is 6.54 Å². The standard InChI is InChI=1S/C36H30N2O/c39-36(31-15-5-2-6-16-31)37-23-24-38(27-28-11-3-1-4-12-28,34-21-19-29-13-7-9-17-32(29)25-34)35-22-20-30-14-8-10-18-33(30)26-35/h1-22,25-26H,23-24,27H2/p+1. The summed E-state index contributed by atoms with van der Waals surface area (Å²) in [5.74, 6) is -0.0505. The van der Waals surface area contributed by atoms with Gasteiger partial charge >= 0.3 is 0 Å². The molecule has 0 atom stereocenters. The van der Waals surface area contributed by atoms with Crippen LogP contribution in [0, 0.1) is 0 Å². The Labute approximate surface area is 229 Å². The molecule has 3 heteroatoms. The number of benzene rings is 6. The zero-order valence-corrected chi connectivity index (χ0v) is 21.8. The second-order valence-electron chi connectivity index (χ2n) is 10.0. The molecule has 190 valence electrons. The number of nitrogens with one attached hydrogen (secondary N) is 1. The number of quaternary nitrogens is 1. The van der Waals surface area contributed by atoms with Crippen LogP contribution in [0.3, 0.4) is 0 Å². The van der Waals surface area contributed by atoms with Crippen molar-refractivity contribution in [2.24, 2.45) is 0 Å². The van der Waals surface area contributed by atoms with E-state index < -0.39 is 0 Å². The Morgan fingerprint density at radius 3 is 1.59 bits per heavy atom. The van der Waals surface area contributed by atoms with Gasteiger partial charge in [-0.05, 0) is 45.8 Å². The third-order valence-corrected chi connectivity index (χ3v) is 7.56. The number of fused-ring (bicyclic) bond motifs is 2. The van der Waals surface area contributed by atoms with Crippen LogP contribution in [-0.2, 0) is 6.54 Å². The molecule has 0 fully saturated rings. The second-order valence-corrected chi connectivity index (χ2v) is 10.0. The average Bonchev–Trinajstić information content (AvgIpc) is 3.01. The summed E-state index contributed by atoms with van der Waals surface area (Å²) in [6, 6.07) is 50.6. The van der Waals surface area contributed by atoms with E-state index >= 15 is 0 Å². The summed E-state index contributed by atoms with van der Waals surface area (Å²) in [6.45, 7) is 1.99. The Bertz CT molecular complexity index is 1650. The van der Waals surface area contributed by atoms with Gasteiger partial charge in [-0.1, -0.05) is 97.1 Å². The number of carbonyl (C=O) groups is 1. The van der Waals surface area contributed by atoms with Gasteiger partial charge in [0.25, 0.3) is 5.91 Å². The molecule has 0 bridgehead atoms. The fourth-order valence-corrected chi connectivity index (χ4v) is 5.50. The van der Waals surface area contributed by atoms with Crippen molar-refractivity contribution in [1.29, 1.82) is 0 Å². The number of hydrogen-bond acceptors (Lipinski definition) is 1. The SMILES string of the molecule is O=C(NCC[N+](Cc1ccccc1)(c1ccc2ccccc2c1)c1ccc2ccccc2c1)c1ccccc1. The van der Waals surface area contributed by atoms with Gasteiger partial charge in [-0.3, -0.25) is 9.28 Å². The van der Waals surface area contributed by atoms with Gasteiger partial charge < -0.3 is 5.32 Å². The zero-order chi connectivity index (χ0) is 26.5. The molecule has 0 radical (unpaired) electrons. The lowest BCUT2D eigenvalue weighted by Crippen LogP contribution is -2.48. The highest BCUT2D eigenvalue weighted by molar-refractivity contribution is 5.94. The Kier molecular flexibility index (Phi) is 6.90. The average molecular weight is 508 g/mol. The number of amides is 1. The van der Waals surface area contributed by atoms with Crippen LogP contribution in [0.4, 0.5) is 11.4 Å². The highest BCUT2D eigenvalue weighted by Gasteiger charge is 2.34. The van der Waals surface area contributed by atoms with Crippen molar-refractivity contribution in [3.8, 4) is 0 Å². The van der Waals surface area contributed by atoms with Crippen LogP contribution in [-0.4, -0.2) is 19.0 Å². The van der Waals surface area contributed by atoms with Crippen LogP contribution in [0.1, 0.15) is 15.9 Å². The molecule has 0 aromatic heterocycles. The van der Waals surface area contributed by atoms with Crippen LogP contribution in [0.5, 0.6) is 0 Å². The molecule has 3 nitrogen and oxygen atoms in total. The summed E-state index contributed by atoms with van der Waals surface area (Å²) in [4.78, 5) is 13.0. The number of rotatable bonds is 8. The van der Waals surface area contributed by atoms with Gasteiger partial charge in [0.2, 0.25) is 0 Å². The molecule has 0 aliphatic rings. The lowest BCUT2D eigenvalue weighted by molar-refractivity contribution is 0.0951. The van der Waals surface area contributed by atoms with Gasteiger partial charge in [0.1, 0.15) is 24.5 Å². The van der Waals surface area contributed by atoms with E-state index in [1.165, 1.54) is 38.5 Å². The lowest BCUT2D eigenvalue weighted by Gasteiger charge is -2.38. The summed E-state index contributed by atoms with van der Waals surface area (Å²) in [5.41, 5.74) is 4.31. The molecule has 1 amide bonds. The summed E-state index contributed by atoms with van der Waals surface area (Å²) < 4.78 is 0.578. The molecular weight excluding hydrogens is 476 g/mol. The number of carbonyl (C=O) groups excluding carboxylic acids is 1. The first kappa shape index (κ1) is 24.6. The van der Waals surface area contributed by atoms with Gasteiger partial charge in [-0.2, -0.15) is 0 Å². The summed E-state index contributed by atoms with van der Waals surface area (Å²) in [6.07, 6.45) is 0. The minimum Gasteiger partial charge on any atom is -0.346 e. The Balaban J connectivity index is 1.48. The van der Waals surface area contributed by atoms with Crippen molar-refractivity contribution in [3.05, 3.63) is 157 Å². The molecule has 1 N–H and O–H groups in total. The molecule has 0 aliphatic carbocycles. The van der Waals surface area contributed by atoms with Crippen LogP contribution >= 0.6 is 0 Å². The molecule has 6 rings (SSSR count). The van der Waals surface area contributed by atoms with Crippen molar-refractivity contribution >= 4 is 38.8 Å². The number of hydrogen-bond donors (Lipinski definition) is 1. The first-order valence-corrected chi connectivity index (χ1v) is 13.4. The first-order valence-electron chi connectivity index (χ1n) is 13.4. The fourth-order valence-electron chi connectivity index (χ4n) is 5.50. The fraction of sp³-hybridized carbons (Fsp3) is 0.0833. The molecule has 0 saturated heterocycles. The predicted octanol–water partition coefficient (Wildman–Crippen LogP) is 8.26. The molecule has 39 heavy (non-hydrogen) atoms. The highest BCUT2D eigenvalue weighted by Crippen LogP contribution is 2.39. The van der Waals surface area contributed by atoms with Crippen LogP contribution in [0.2, 0.25) is 0 Å². The minimum atomic E-state index is -0.0505. The third-order valence-electron chi connectivity index (χ3n) is 7.56. The molecule has 6 aromatic rings. The largest absolute Gasteiger partial charge is 0.346 e. The van der Waals surface area contributed by atoms with E-state index in [0.717, 1.165) is 6.54 Å². The maximum absolute atomic E-state index is 13.0. The summed E-state index contributed by atoms with van der Waals surface area (Å²) in [7, 11) is 0. The van der Waals surface area contributed by atoms with Crippen molar-refractivity contribution in [3.63, 3.8) is 0 Å². The smallest absolute Gasteiger partial charge is 0.251 e. The topological polar surface area (TPSA) is 29.1 Å². The zero-order valence-electron chi connectivity index (χ0n) is 21.8. The number of nitrogens with zero attached hydrogens (tertiary/aromatic N) is 1. The molecular formula is C36H31N2O+. The Morgan fingerprint density at radius 2 is 1.03 bits per heavy atom. The second kappa shape index (κ2) is 10.9. The summed E-state index contributed by atoms with van der Waals surface area (Å²) in [5, 5.41) is 8.05. The quantitative estimate of drug-likeness (QED) is 0.206. The Morgan fingerprint density at radius 1 is 0.538 bits per heavy atom. The van der Waals surface area contributed by atoms with Gasteiger partial charge in [0, 0.05) is 35.4 Å². The lowest BCUT2D eigenvalue weighted by atomic mass is 10.0. The van der Waals surface area contributed by atoms with Crippen molar-refractivity contribution < 1.29 is 4.79 Å². The van der Waals surface area contributed by atoms with E-state index in [9.17, 15) is 4.79 Å². The maximum atomic E-state index is 13.0. The first-order chi connectivity index (χ1) is 19.2. The molecule has 0 spiro atoms. The molecule has 0 aliphatic heterocycles. The van der Waals surface area contributed by atoms with E-state index in [2.05, 4.69) is 121 Å². The van der Waals surface area contributed by atoms with Crippen LogP contribution < -0.4 is 9.80 Å². The van der Waals surface area contributed by atoms with E-state index in [-0.39, 0.29) is 5.91 Å². The predicted molar refractivity (Wildman–Crippen MR) is 163 cm³/mol. The van der Waals surface area contributed by atoms with Gasteiger partial charge in [0.15, 0.2) is 0 Å². The third kappa shape index (κ3) is 5.18. The van der Waals surface area contributed by atoms with Crippen molar-refractivity contribution in [2.45, 2.75) is 6.54 Å². The normalized spacial score (nSPS) is 11.5. The van der Waals surface area contributed by atoms with Crippen molar-refractivity contribution in [1.82, 2.24) is 9.80 Å². The van der Waals surface area contributed by atoms with Gasteiger partial charge in [-0.25, -0.2) is 0 Å². The van der Waals surface area contributed by atoms with Crippen LogP contribution in [0.25, 0.3) is 21.5 Å². The van der Waals surface area contributed by atoms with Crippen molar-refractivity contribution in [2.75, 3.05) is 13.1 Å². The monoisotopic (exact) mass is 507 g/mol. The van der Waals surface area contributed by atoms with E-state index in [1.54, 1.807) is 0 Å². The summed E-state index contributed by atoms with van der Waals surface area (Å²) >= 11 is 0. The van der Waals surface area contributed by atoms with Crippen LogP contribution in [0.15, 0.2) is 146 Å². The Hall–Kier alpha value is -4.73.